The van der Waals surface area contributed by atoms with E-state index in [1.54, 1.807) is 0 Å². The van der Waals surface area contributed by atoms with Crippen molar-refractivity contribution in [1.82, 2.24) is 39.0 Å². The van der Waals surface area contributed by atoms with Crippen LogP contribution in [0.1, 0.15) is 0 Å². The van der Waals surface area contributed by atoms with Crippen LogP contribution in [-0.2, 0) is 0 Å². The second-order valence-electron chi connectivity index (χ2n) is 19.9. The van der Waals surface area contributed by atoms with Gasteiger partial charge in [-0.15, -0.1) is 0 Å². The van der Waals surface area contributed by atoms with Gasteiger partial charge in [0.05, 0.1) is 22.1 Å². The van der Waals surface area contributed by atoms with Gasteiger partial charge >= 0.3 is 0 Å². The zero-order chi connectivity index (χ0) is 52.9. The summed E-state index contributed by atoms with van der Waals surface area (Å²) in [6.07, 6.45) is 0. The summed E-state index contributed by atoms with van der Waals surface area (Å²) in [6.45, 7) is 0. The maximum Gasteiger partial charge on any atom is 0.164 e. The van der Waals surface area contributed by atoms with E-state index >= 15 is 0 Å². The number of rotatable bonds is 10. The van der Waals surface area contributed by atoms with Crippen molar-refractivity contribution in [2.24, 2.45) is 0 Å². The Labute approximate surface area is 461 Å². The molecule has 0 bridgehead atoms. The predicted molar refractivity (Wildman–Crippen MR) is 325 cm³/mol. The van der Waals surface area contributed by atoms with Crippen LogP contribution >= 0.6 is 0 Å². The maximum atomic E-state index is 4.99. The standard InChI is InChI=1S/C72H46N8/c1-5-19-49(20-6-1)67-73-68(50-21-7-2-8-22-50)76-71(75-67)53-39-35-47(36-40-53)55-27-17-29-57(45-55)79-63-34-16-14-32-61(63)65-64(79)44-43-60-59-31-13-15-33-62(59)80(66(60)65)58-30-18-28-56(46-58)48-37-41-54(42-38-48)72-77-69(51-23-9-3-10-24-51)74-70(78-72)52-25-11-4-12-26-52/h1-46H. The zero-order valence-electron chi connectivity index (χ0n) is 43.1. The minimum atomic E-state index is 0.625. The third-order valence-electron chi connectivity index (χ3n) is 15.0. The van der Waals surface area contributed by atoms with Crippen molar-refractivity contribution in [3.8, 4) is 102 Å². The van der Waals surface area contributed by atoms with E-state index in [0.29, 0.717) is 34.9 Å². The Kier molecular flexibility index (Phi) is 11.3. The van der Waals surface area contributed by atoms with Crippen molar-refractivity contribution in [1.29, 1.82) is 0 Å². The molecule has 80 heavy (non-hydrogen) atoms. The van der Waals surface area contributed by atoms with Gasteiger partial charge in [-0.05, 0) is 64.7 Å². The molecule has 0 aliphatic rings. The fourth-order valence-corrected chi connectivity index (χ4v) is 11.2. The third kappa shape index (κ3) is 8.27. The molecule has 0 fully saturated rings. The molecule has 15 rings (SSSR count). The lowest BCUT2D eigenvalue weighted by Crippen LogP contribution is -2.00. The summed E-state index contributed by atoms with van der Waals surface area (Å²) in [7, 11) is 0. The van der Waals surface area contributed by atoms with E-state index in [0.717, 1.165) is 83.6 Å². The molecule has 0 spiro atoms. The molecular formula is C72H46N8. The van der Waals surface area contributed by atoms with Crippen molar-refractivity contribution < 1.29 is 0 Å². The van der Waals surface area contributed by atoms with E-state index in [1.165, 1.54) is 27.1 Å². The molecule has 15 aromatic rings. The van der Waals surface area contributed by atoms with E-state index in [9.17, 15) is 0 Å². The van der Waals surface area contributed by atoms with Gasteiger partial charge in [0, 0.05) is 66.3 Å². The normalized spacial score (nSPS) is 11.5. The van der Waals surface area contributed by atoms with E-state index in [2.05, 4.69) is 167 Å². The maximum absolute atomic E-state index is 4.99. The van der Waals surface area contributed by atoms with Crippen molar-refractivity contribution in [3.63, 3.8) is 0 Å². The number of fused-ring (bicyclic) bond motifs is 7. The molecule has 0 amide bonds. The lowest BCUT2D eigenvalue weighted by Gasteiger charge is -2.13. The first-order valence-electron chi connectivity index (χ1n) is 26.8. The molecule has 374 valence electrons. The van der Waals surface area contributed by atoms with Crippen LogP contribution in [0.25, 0.3) is 146 Å². The van der Waals surface area contributed by atoms with Gasteiger partial charge in [-0.1, -0.05) is 237 Å². The SMILES string of the molecule is c1ccc(-c2nc(-c3ccccc3)nc(-c3ccc(-c4cccc(-n5c6ccccc6c6c5ccc5c7ccccc7n(-c7cccc(-c8ccc(-c9nc(-c%10ccccc%10)nc(-c%10ccccc%10)n9)cc8)c7)c56)c4)cc3)n2)cc1. The minimum Gasteiger partial charge on any atom is -0.309 e. The van der Waals surface area contributed by atoms with Crippen molar-refractivity contribution in [2.45, 2.75) is 0 Å². The van der Waals surface area contributed by atoms with Crippen molar-refractivity contribution in [2.75, 3.05) is 0 Å². The fraction of sp³-hybridized carbons (Fsp3) is 0. The second kappa shape index (κ2) is 19.6. The fourth-order valence-electron chi connectivity index (χ4n) is 11.2. The van der Waals surface area contributed by atoms with Gasteiger partial charge in [0.2, 0.25) is 0 Å². The molecule has 0 aliphatic heterocycles. The van der Waals surface area contributed by atoms with Crippen LogP contribution in [0.2, 0.25) is 0 Å². The molecule has 0 saturated heterocycles. The van der Waals surface area contributed by atoms with Crippen LogP contribution in [0.3, 0.4) is 0 Å². The first-order valence-corrected chi connectivity index (χ1v) is 26.8. The average Bonchev–Trinajstić information content (AvgIpc) is 4.12. The molecule has 4 aromatic heterocycles. The van der Waals surface area contributed by atoms with Crippen LogP contribution < -0.4 is 0 Å². The van der Waals surface area contributed by atoms with Gasteiger partial charge in [0.15, 0.2) is 34.9 Å². The molecule has 8 heteroatoms. The highest BCUT2D eigenvalue weighted by atomic mass is 15.0. The first-order chi connectivity index (χ1) is 39.6. The zero-order valence-corrected chi connectivity index (χ0v) is 43.1. The van der Waals surface area contributed by atoms with E-state index in [-0.39, 0.29) is 0 Å². The van der Waals surface area contributed by atoms with Gasteiger partial charge in [-0.25, -0.2) is 29.9 Å². The lowest BCUT2D eigenvalue weighted by molar-refractivity contribution is 1.07. The number of para-hydroxylation sites is 2. The van der Waals surface area contributed by atoms with Crippen LogP contribution in [0.15, 0.2) is 279 Å². The Morgan fingerprint density at radius 1 is 0.200 bits per heavy atom. The summed E-state index contributed by atoms with van der Waals surface area (Å²) in [4.78, 5) is 29.8. The minimum absolute atomic E-state index is 0.625. The van der Waals surface area contributed by atoms with E-state index in [1.807, 2.05) is 121 Å². The lowest BCUT2D eigenvalue weighted by atomic mass is 10.0. The van der Waals surface area contributed by atoms with Crippen LogP contribution in [0, 0.1) is 0 Å². The Morgan fingerprint density at radius 2 is 0.525 bits per heavy atom. The molecule has 11 aromatic carbocycles. The number of nitrogens with zero attached hydrogens (tertiary/aromatic N) is 8. The molecular weight excluding hydrogens is 977 g/mol. The predicted octanol–water partition coefficient (Wildman–Crippen LogP) is 17.6. The molecule has 0 atom stereocenters. The Morgan fingerprint density at radius 3 is 0.950 bits per heavy atom. The van der Waals surface area contributed by atoms with Crippen molar-refractivity contribution in [3.05, 3.63) is 279 Å². The average molecular weight is 1020 g/mol. The molecule has 0 saturated carbocycles. The summed E-state index contributed by atoms with van der Waals surface area (Å²) < 4.78 is 4.87. The largest absolute Gasteiger partial charge is 0.309 e. The summed E-state index contributed by atoms with van der Waals surface area (Å²) in [5, 5.41) is 4.79. The summed E-state index contributed by atoms with van der Waals surface area (Å²) in [5.74, 6) is 3.80. The third-order valence-corrected chi connectivity index (χ3v) is 15.0. The van der Waals surface area contributed by atoms with Crippen LogP contribution in [-0.4, -0.2) is 39.0 Å². The monoisotopic (exact) mass is 1020 g/mol. The molecule has 0 unspecified atom stereocenters. The topological polar surface area (TPSA) is 87.2 Å². The highest BCUT2D eigenvalue weighted by Crippen LogP contribution is 2.43. The number of aromatic nitrogens is 8. The van der Waals surface area contributed by atoms with Crippen LogP contribution in [0.4, 0.5) is 0 Å². The second-order valence-corrected chi connectivity index (χ2v) is 19.9. The van der Waals surface area contributed by atoms with Gasteiger partial charge in [-0.3, -0.25) is 0 Å². The van der Waals surface area contributed by atoms with Gasteiger partial charge < -0.3 is 9.13 Å². The Balaban J connectivity index is 0.808. The molecule has 0 aliphatic carbocycles. The summed E-state index contributed by atoms with van der Waals surface area (Å²) in [5.41, 5.74) is 16.7. The smallest absolute Gasteiger partial charge is 0.164 e. The quantitative estimate of drug-likeness (QED) is 0.136. The van der Waals surface area contributed by atoms with Gasteiger partial charge in [-0.2, -0.15) is 0 Å². The van der Waals surface area contributed by atoms with Gasteiger partial charge in [0.25, 0.3) is 0 Å². The Bertz CT molecular complexity index is 4670. The van der Waals surface area contributed by atoms with Crippen LogP contribution in [0.5, 0.6) is 0 Å². The first kappa shape index (κ1) is 46.4. The molecule has 8 nitrogen and oxygen atoms in total. The molecule has 0 N–H and O–H groups in total. The number of hydrogen-bond acceptors (Lipinski definition) is 6. The van der Waals surface area contributed by atoms with Crippen molar-refractivity contribution >= 4 is 43.6 Å². The number of benzene rings is 11. The highest BCUT2D eigenvalue weighted by Gasteiger charge is 2.22. The summed E-state index contributed by atoms with van der Waals surface area (Å²) in [6, 6.07) is 97.4. The molecule has 4 heterocycles. The molecule has 0 radical (unpaired) electrons. The highest BCUT2D eigenvalue weighted by molar-refractivity contribution is 6.26. The van der Waals surface area contributed by atoms with Gasteiger partial charge in [0.1, 0.15) is 0 Å². The Hall–Kier alpha value is -11.0. The number of hydrogen-bond donors (Lipinski definition) is 0. The van der Waals surface area contributed by atoms with E-state index < -0.39 is 0 Å². The van der Waals surface area contributed by atoms with E-state index in [4.69, 9.17) is 29.9 Å². The summed E-state index contributed by atoms with van der Waals surface area (Å²) >= 11 is 0.